The van der Waals surface area contributed by atoms with Gasteiger partial charge >= 0.3 is 0 Å². The van der Waals surface area contributed by atoms with Crippen molar-refractivity contribution in [2.75, 3.05) is 12.8 Å². The SMILES string of the molecule is CCNC(C)c1cnc(CSC)s1. The summed E-state index contributed by atoms with van der Waals surface area (Å²) >= 11 is 3.63. The van der Waals surface area contributed by atoms with Crippen LogP contribution in [0.15, 0.2) is 6.20 Å². The number of rotatable bonds is 5. The van der Waals surface area contributed by atoms with E-state index in [2.05, 4.69) is 30.4 Å². The van der Waals surface area contributed by atoms with Crippen molar-refractivity contribution in [1.29, 1.82) is 0 Å². The Morgan fingerprint density at radius 3 is 3.08 bits per heavy atom. The Kier molecular flexibility index (Phi) is 4.77. The van der Waals surface area contributed by atoms with Crippen molar-refractivity contribution in [3.8, 4) is 0 Å². The summed E-state index contributed by atoms with van der Waals surface area (Å²) in [5, 5.41) is 4.61. The minimum absolute atomic E-state index is 0.443. The van der Waals surface area contributed by atoms with Crippen LogP contribution in [0.4, 0.5) is 0 Å². The summed E-state index contributed by atoms with van der Waals surface area (Å²) in [7, 11) is 0. The maximum absolute atomic E-state index is 4.37. The van der Waals surface area contributed by atoms with Crippen molar-refractivity contribution in [2.45, 2.75) is 25.6 Å². The van der Waals surface area contributed by atoms with Crippen molar-refractivity contribution in [2.24, 2.45) is 0 Å². The van der Waals surface area contributed by atoms with Crippen LogP contribution in [0.2, 0.25) is 0 Å². The maximum Gasteiger partial charge on any atom is 0.103 e. The van der Waals surface area contributed by atoms with Crippen LogP contribution in [0.1, 0.15) is 29.8 Å². The van der Waals surface area contributed by atoms with Crippen LogP contribution in [0.5, 0.6) is 0 Å². The van der Waals surface area contributed by atoms with Crippen molar-refractivity contribution in [3.05, 3.63) is 16.1 Å². The Balaban J connectivity index is 2.56. The molecule has 1 N–H and O–H groups in total. The molecule has 0 aromatic carbocycles. The first-order valence-corrected chi connectivity index (χ1v) is 6.65. The van der Waals surface area contributed by atoms with E-state index in [0.717, 1.165) is 12.3 Å². The second kappa shape index (κ2) is 5.62. The first kappa shape index (κ1) is 11.0. The lowest BCUT2D eigenvalue weighted by molar-refractivity contribution is 0.606. The second-order valence-electron chi connectivity index (χ2n) is 2.87. The zero-order chi connectivity index (χ0) is 9.68. The summed E-state index contributed by atoms with van der Waals surface area (Å²) < 4.78 is 0. The van der Waals surface area contributed by atoms with Crippen LogP contribution < -0.4 is 5.32 Å². The van der Waals surface area contributed by atoms with Gasteiger partial charge in [-0.15, -0.1) is 11.3 Å². The fraction of sp³-hybridized carbons (Fsp3) is 0.667. The Morgan fingerprint density at radius 1 is 1.69 bits per heavy atom. The number of nitrogens with zero attached hydrogens (tertiary/aromatic N) is 1. The monoisotopic (exact) mass is 216 g/mol. The van der Waals surface area contributed by atoms with Crippen molar-refractivity contribution in [3.63, 3.8) is 0 Å². The molecule has 1 aromatic heterocycles. The highest BCUT2D eigenvalue weighted by Crippen LogP contribution is 2.22. The Bertz CT molecular complexity index is 248. The third-order valence-corrected chi connectivity index (χ3v) is 3.70. The van der Waals surface area contributed by atoms with Crippen molar-refractivity contribution < 1.29 is 0 Å². The van der Waals surface area contributed by atoms with E-state index in [1.165, 1.54) is 9.88 Å². The molecule has 2 nitrogen and oxygen atoms in total. The smallest absolute Gasteiger partial charge is 0.103 e. The van der Waals surface area contributed by atoms with E-state index in [-0.39, 0.29) is 0 Å². The minimum Gasteiger partial charge on any atom is -0.310 e. The molecule has 0 radical (unpaired) electrons. The molecule has 1 aromatic rings. The maximum atomic E-state index is 4.37. The highest BCUT2D eigenvalue weighted by atomic mass is 32.2. The van der Waals surface area contributed by atoms with Crippen LogP contribution in [-0.4, -0.2) is 17.8 Å². The number of nitrogens with one attached hydrogen (secondary N) is 1. The van der Waals surface area contributed by atoms with Crippen LogP contribution in [0.25, 0.3) is 0 Å². The van der Waals surface area contributed by atoms with Gasteiger partial charge in [-0.25, -0.2) is 4.98 Å². The standard InChI is InChI=1S/C9H16N2S2/c1-4-10-7(2)8-5-11-9(13-8)6-12-3/h5,7,10H,4,6H2,1-3H3. The summed E-state index contributed by atoms with van der Waals surface area (Å²) in [5.41, 5.74) is 0. The van der Waals surface area contributed by atoms with Gasteiger partial charge in [-0.2, -0.15) is 11.8 Å². The van der Waals surface area contributed by atoms with Crippen LogP contribution in [0, 0.1) is 0 Å². The summed E-state index contributed by atoms with van der Waals surface area (Å²) in [6.07, 6.45) is 4.10. The average Bonchev–Trinajstić information content (AvgIpc) is 2.54. The van der Waals surface area contributed by atoms with Crippen molar-refractivity contribution >= 4 is 23.1 Å². The summed E-state index contributed by atoms with van der Waals surface area (Å²) in [4.78, 5) is 5.71. The average molecular weight is 216 g/mol. The van der Waals surface area contributed by atoms with Gasteiger partial charge < -0.3 is 5.32 Å². The molecule has 0 fully saturated rings. The molecule has 0 aliphatic rings. The molecule has 0 amide bonds. The summed E-state index contributed by atoms with van der Waals surface area (Å²) in [6.45, 7) is 5.32. The van der Waals surface area contributed by atoms with Crippen molar-refractivity contribution in [1.82, 2.24) is 10.3 Å². The molecule has 0 saturated heterocycles. The van der Waals surface area contributed by atoms with E-state index in [0.29, 0.717) is 6.04 Å². The molecule has 1 unspecified atom stereocenters. The Hall–Kier alpha value is -0.0600. The first-order chi connectivity index (χ1) is 6.27. The molecule has 1 atom stereocenters. The predicted octanol–water partition coefficient (Wildman–Crippen LogP) is 2.68. The zero-order valence-electron chi connectivity index (χ0n) is 8.33. The van der Waals surface area contributed by atoms with Gasteiger partial charge in [0.15, 0.2) is 0 Å². The van der Waals surface area contributed by atoms with Gasteiger partial charge in [0.1, 0.15) is 5.01 Å². The number of aromatic nitrogens is 1. The molecule has 1 heterocycles. The third kappa shape index (κ3) is 3.29. The first-order valence-electron chi connectivity index (χ1n) is 4.44. The number of hydrogen-bond acceptors (Lipinski definition) is 4. The molecule has 1 rings (SSSR count). The number of hydrogen-bond donors (Lipinski definition) is 1. The van der Waals surface area contributed by atoms with Gasteiger partial charge in [-0.1, -0.05) is 6.92 Å². The second-order valence-corrected chi connectivity index (χ2v) is 4.88. The summed E-state index contributed by atoms with van der Waals surface area (Å²) in [6, 6.07) is 0.443. The van der Waals surface area contributed by atoms with E-state index in [9.17, 15) is 0 Å². The Morgan fingerprint density at radius 2 is 2.46 bits per heavy atom. The van der Waals surface area contributed by atoms with Gasteiger partial charge in [0.25, 0.3) is 0 Å². The van der Waals surface area contributed by atoms with Crippen LogP contribution >= 0.6 is 23.1 Å². The zero-order valence-corrected chi connectivity index (χ0v) is 9.97. The fourth-order valence-corrected chi connectivity index (χ4v) is 2.78. The van der Waals surface area contributed by atoms with E-state index >= 15 is 0 Å². The molecule has 4 heteroatoms. The van der Waals surface area contributed by atoms with Gasteiger partial charge in [-0.05, 0) is 19.7 Å². The molecule has 0 aliphatic heterocycles. The molecule has 74 valence electrons. The van der Waals surface area contributed by atoms with E-state index in [1.54, 1.807) is 0 Å². The highest BCUT2D eigenvalue weighted by Gasteiger charge is 2.07. The molecule has 0 saturated carbocycles. The lowest BCUT2D eigenvalue weighted by atomic mass is 10.3. The molecular weight excluding hydrogens is 200 g/mol. The van der Waals surface area contributed by atoms with Gasteiger partial charge in [0.05, 0.1) is 0 Å². The number of thioether (sulfide) groups is 1. The van der Waals surface area contributed by atoms with Gasteiger partial charge in [0, 0.05) is 22.9 Å². The van der Waals surface area contributed by atoms with E-state index in [1.807, 2.05) is 29.3 Å². The topological polar surface area (TPSA) is 24.9 Å². The predicted molar refractivity (Wildman–Crippen MR) is 61.4 cm³/mol. The molecule has 0 aliphatic carbocycles. The van der Waals surface area contributed by atoms with Crippen LogP contribution in [-0.2, 0) is 5.75 Å². The lowest BCUT2D eigenvalue weighted by Crippen LogP contribution is -2.16. The van der Waals surface area contributed by atoms with Gasteiger partial charge in [-0.3, -0.25) is 0 Å². The molecule has 13 heavy (non-hydrogen) atoms. The third-order valence-electron chi connectivity index (χ3n) is 1.78. The lowest BCUT2D eigenvalue weighted by Gasteiger charge is -2.07. The fourth-order valence-electron chi connectivity index (χ4n) is 1.12. The molecule has 0 spiro atoms. The Labute approximate surface area is 88.2 Å². The quantitative estimate of drug-likeness (QED) is 0.819. The number of thiazole rings is 1. The van der Waals surface area contributed by atoms with E-state index in [4.69, 9.17) is 0 Å². The molecular formula is C9H16N2S2. The van der Waals surface area contributed by atoms with Crippen LogP contribution in [0.3, 0.4) is 0 Å². The molecule has 0 bridgehead atoms. The largest absolute Gasteiger partial charge is 0.310 e. The highest BCUT2D eigenvalue weighted by molar-refractivity contribution is 7.97. The minimum atomic E-state index is 0.443. The van der Waals surface area contributed by atoms with Gasteiger partial charge in [0.2, 0.25) is 0 Å². The normalized spacial score (nSPS) is 13.2. The van der Waals surface area contributed by atoms with E-state index < -0.39 is 0 Å². The summed E-state index contributed by atoms with van der Waals surface area (Å²) in [5.74, 6) is 1.03.